The molecule has 0 amide bonds. The molecule has 1 saturated carbocycles. The van der Waals surface area contributed by atoms with Crippen LogP contribution in [-0.4, -0.2) is 50.3 Å². The highest BCUT2D eigenvalue weighted by Crippen LogP contribution is 2.18. The lowest BCUT2D eigenvalue weighted by Gasteiger charge is -2.31. The lowest BCUT2D eigenvalue weighted by Crippen LogP contribution is -2.40. The summed E-state index contributed by atoms with van der Waals surface area (Å²) in [5.74, 6) is 0. The maximum absolute atomic E-state index is 5.36. The third-order valence-electron chi connectivity index (χ3n) is 3.29. The van der Waals surface area contributed by atoms with Gasteiger partial charge >= 0.3 is 0 Å². The van der Waals surface area contributed by atoms with Gasteiger partial charge in [0.2, 0.25) is 0 Å². The van der Waals surface area contributed by atoms with Crippen LogP contribution in [0, 0.1) is 0 Å². The van der Waals surface area contributed by atoms with Crippen molar-refractivity contribution >= 4 is 0 Å². The monoisotopic (exact) mass is 198 g/mol. The third-order valence-corrected chi connectivity index (χ3v) is 3.29. The largest absolute Gasteiger partial charge is 0.381 e. The molecule has 1 heterocycles. The molecular formula is C11H22N2O. The van der Waals surface area contributed by atoms with E-state index >= 15 is 0 Å². The average Bonchev–Trinajstić information content (AvgIpc) is 3.03. The maximum atomic E-state index is 5.36. The van der Waals surface area contributed by atoms with Crippen LogP contribution >= 0.6 is 0 Å². The summed E-state index contributed by atoms with van der Waals surface area (Å²) < 4.78 is 5.36. The van der Waals surface area contributed by atoms with Crippen molar-refractivity contribution in [2.24, 2.45) is 0 Å². The zero-order chi connectivity index (χ0) is 9.80. The standard InChI is InChI=1S/C11H22N2O/c1-13(7-6-12-10-2-3-10)11-4-8-14-9-5-11/h10-12H,2-9H2,1H3. The number of hydrogen-bond donors (Lipinski definition) is 1. The van der Waals surface area contributed by atoms with E-state index in [0.29, 0.717) is 0 Å². The van der Waals surface area contributed by atoms with Gasteiger partial charge in [-0.25, -0.2) is 0 Å². The Hall–Kier alpha value is -0.120. The fourth-order valence-electron chi connectivity index (χ4n) is 2.04. The van der Waals surface area contributed by atoms with Crippen LogP contribution in [0.5, 0.6) is 0 Å². The summed E-state index contributed by atoms with van der Waals surface area (Å²) in [5.41, 5.74) is 0. The Bertz CT molecular complexity index is 165. The molecule has 0 aromatic carbocycles. The first-order valence-electron chi connectivity index (χ1n) is 5.87. The van der Waals surface area contributed by atoms with E-state index < -0.39 is 0 Å². The molecule has 0 radical (unpaired) electrons. The fourth-order valence-corrected chi connectivity index (χ4v) is 2.04. The van der Waals surface area contributed by atoms with Gasteiger partial charge in [-0.05, 0) is 32.7 Å². The molecule has 0 atom stereocenters. The second kappa shape index (κ2) is 5.10. The predicted molar refractivity (Wildman–Crippen MR) is 57.5 cm³/mol. The van der Waals surface area contributed by atoms with Crippen LogP contribution in [0.1, 0.15) is 25.7 Å². The molecule has 1 N–H and O–H groups in total. The minimum atomic E-state index is 0.754. The van der Waals surface area contributed by atoms with E-state index in [4.69, 9.17) is 4.74 Å². The Morgan fingerprint density at radius 3 is 2.57 bits per heavy atom. The molecule has 0 spiro atoms. The van der Waals surface area contributed by atoms with E-state index in [1.54, 1.807) is 0 Å². The number of nitrogens with zero attached hydrogens (tertiary/aromatic N) is 1. The van der Waals surface area contributed by atoms with Gasteiger partial charge in [-0.2, -0.15) is 0 Å². The second-order valence-electron chi connectivity index (χ2n) is 4.55. The van der Waals surface area contributed by atoms with Gasteiger partial charge in [0.05, 0.1) is 0 Å². The van der Waals surface area contributed by atoms with Gasteiger partial charge in [0, 0.05) is 38.4 Å². The summed E-state index contributed by atoms with van der Waals surface area (Å²) in [5, 5.41) is 3.55. The van der Waals surface area contributed by atoms with Crippen molar-refractivity contribution in [1.29, 1.82) is 0 Å². The topological polar surface area (TPSA) is 24.5 Å². The maximum Gasteiger partial charge on any atom is 0.0480 e. The molecule has 2 rings (SSSR count). The molecule has 14 heavy (non-hydrogen) atoms. The summed E-state index contributed by atoms with van der Waals surface area (Å²) in [6, 6.07) is 1.60. The van der Waals surface area contributed by atoms with E-state index in [1.807, 2.05) is 0 Å². The number of likely N-dealkylation sites (N-methyl/N-ethyl adjacent to an activating group) is 1. The molecule has 82 valence electrons. The Balaban J connectivity index is 1.57. The van der Waals surface area contributed by atoms with Gasteiger partial charge in [-0.15, -0.1) is 0 Å². The zero-order valence-electron chi connectivity index (χ0n) is 9.17. The van der Waals surface area contributed by atoms with Crippen LogP contribution in [0.15, 0.2) is 0 Å². The Kier molecular flexibility index (Phi) is 3.79. The van der Waals surface area contributed by atoms with Crippen molar-refractivity contribution in [3.63, 3.8) is 0 Å². The van der Waals surface area contributed by atoms with Crippen LogP contribution in [0.4, 0.5) is 0 Å². The van der Waals surface area contributed by atoms with E-state index in [-0.39, 0.29) is 0 Å². The quantitative estimate of drug-likeness (QED) is 0.709. The molecule has 1 aliphatic carbocycles. The van der Waals surface area contributed by atoms with Crippen LogP contribution < -0.4 is 5.32 Å². The number of nitrogens with one attached hydrogen (secondary N) is 1. The summed E-state index contributed by atoms with van der Waals surface area (Å²) in [7, 11) is 2.24. The molecule has 0 aromatic heterocycles. The van der Waals surface area contributed by atoms with Gasteiger partial charge in [0.25, 0.3) is 0 Å². The smallest absolute Gasteiger partial charge is 0.0480 e. The van der Waals surface area contributed by atoms with Crippen LogP contribution in [0.3, 0.4) is 0 Å². The molecule has 3 heteroatoms. The Morgan fingerprint density at radius 1 is 1.21 bits per heavy atom. The van der Waals surface area contributed by atoms with Gasteiger partial charge in [-0.1, -0.05) is 0 Å². The minimum Gasteiger partial charge on any atom is -0.381 e. The van der Waals surface area contributed by atoms with Gasteiger partial charge < -0.3 is 15.0 Å². The molecule has 0 bridgehead atoms. The number of ether oxygens (including phenoxy) is 1. The lowest BCUT2D eigenvalue weighted by atomic mass is 10.1. The molecule has 0 aromatic rings. The van der Waals surface area contributed by atoms with Crippen molar-refractivity contribution in [1.82, 2.24) is 10.2 Å². The Morgan fingerprint density at radius 2 is 1.93 bits per heavy atom. The summed E-state index contributed by atoms with van der Waals surface area (Å²) in [4.78, 5) is 2.48. The normalized spacial score (nSPS) is 24.4. The van der Waals surface area contributed by atoms with Gasteiger partial charge in [0.1, 0.15) is 0 Å². The fraction of sp³-hybridized carbons (Fsp3) is 1.00. The lowest BCUT2D eigenvalue weighted by molar-refractivity contribution is 0.0434. The predicted octanol–water partition coefficient (Wildman–Crippen LogP) is 0.849. The highest BCUT2D eigenvalue weighted by atomic mass is 16.5. The Labute approximate surface area is 86.8 Å². The van der Waals surface area contributed by atoms with E-state index in [1.165, 1.54) is 32.2 Å². The number of hydrogen-bond acceptors (Lipinski definition) is 3. The molecule has 2 aliphatic rings. The van der Waals surface area contributed by atoms with Gasteiger partial charge in [0.15, 0.2) is 0 Å². The second-order valence-corrected chi connectivity index (χ2v) is 4.55. The molecule has 1 saturated heterocycles. The minimum absolute atomic E-state index is 0.754. The van der Waals surface area contributed by atoms with Crippen LogP contribution in [-0.2, 0) is 4.74 Å². The van der Waals surface area contributed by atoms with Crippen molar-refractivity contribution in [3.8, 4) is 0 Å². The SMILES string of the molecule is CN(CCNC1CC1)C1CCOCC1. The zero-order valence-corrected chi connectivity index (χ0v) is 9.17. The first-order valence-corrected chi connectivity index (χ1v) is 5.87. The van der Waals surface area contributed by atoms with Crippen LogP contribution in [0.2, 0.25) is 0 Å². The van der Waals surface area contributed by atoms with E-state index in [9.17, 15) is 0 Å². The summed E-state index contributed by atoms with van der Waals surface area (Å²) in [6.45, 7) is 4.23. The van der Waals surface area contributed by atoms with Crippen molar-refractivity contribution in [2.75, 3.05) is 33.4 Å². The van der Waals surface area contributed by atoms with E-state index in [0.717, 1.165) is 31.8 Å². The van der Waals surface area contributed by atoms with Gasteiger partial charge in [-0.3, -0.25) is 0 Å². The van der Waals surface area contributed by atoms with E-state index in [2.05, 4.69) is 17.3 Å². The van der Waals surface area contributed by atoms with Crippen molar-refractivity contribution in [3.05, 3.63) is 0 Å². The molecule has 3 nitrogen and oxygen atoms in total. The van der Waals surface area contributed by atoms with Crippen LogP contribution in [0.25, 0.3) is 0 Å². The van der Waals surface area contributed by atoms with Crippen molar-refractivity contribution < 1.29 is 4.74 Å². The third kappa shape index (κ3) is 3.23. The molecule has 0 unspecified atom stereocenters. The highest BCUT2D eigenvalue weighted by molar-refractivity contribution is 4.81. The average molecular weight is 198 g/mol. The molecule has 2 fully saturated rings. The molecule has 1 aliphatic heterocycles. The first-order chi connectivity index (χ1) is 6.86. The molecular weight excluding hydrogens is 176 g/mol. The first kappa shape index (κ1) is 10.4. The highest BCUT2D eigenvalue weighted by Gasteiger charge is 2.21. The summed E-state index contributed by atoms with van der Waals surface area (Å²) >= 11 is 0. The van der Waals surface area contributed by atoms with Crippen molar-refractivity contribution in [2.45, 2.75) is 37.8 Å². The number of rotatable bonds is 5. The summed E-state index contributed by atoms with van der Waals surface area (Å²) in [6.07, 6.45) is 5.20.